The van der Waals surface area contributed by atoms with Crippen LogP contribution in [0.5, 0.6) is 0 Å². The van der Waals surface area contributed by atoms with Gasteiger partial charge in [-0.1, -0.05) is 12.8 Å². The maximum absolute atomic E-state index is 12.3. The molecule has 1 fully saturated rings. The van der Waals surface area contributed by atoms with Gasteiger partial charge in [-0.05, 0) is 75.0 Å². The van der Waals surface area contributed by atoms with Crippen molar-refractivity contribution >= 4 is 29.0 Å². The summed E-state index contributed by atoms with van der Waals surface area (Å²) in [6, 6.07) is 0. The zero-order valence-corrected chi connectivity index (χ0v) is 16.9. The van der Waals surface area contributed by atoms with E-state index in [4.69, 9.17) is 10.5 Å². The molecule has 0 unspecified atom stereocenters. The molecule has 1 aliphatic rings. The lowest BCUT2D eigenvalue weighted by Crippen LogP contribution is -2.17. The highest BCUT2D eigenvalue weighted by Gasteiger charge is 2.16. The van der Waals surface area contributed by atoms with Gasteiger partial charge in [-0.2, -0.15) is 11.8 Å². The Morgan fingerprint density at radius 2 is 1.72 bits per heavy atom. The van der Waals surface area contributed by atoms with Crippen LogP contribution < -0.4 is 11.1 Å². The van der Waals surface area contributed by atoms with E-state index in [0.717, 1.165) is 52.4 Å². The van der Waals surface area contributed by atoms with Crippen LogP contribution in [0.2, 0.25) is 0 Å². The van der Waals surface area contributed by atoms with Crippen LogP contribution in [0.15, 0.2) is 0 Å². The molecule has 0 radical (unpaired) electrons. The topological polar surface area (TPSA) is 64.3 Å². The number of nitrogens with one attached hydrogen (secondary N) is 1. The van der Waals surface area contributed by atoms with Gasteiger partial charge in [0.2, 0.25) is 5.91 Å². The number of hydrogen-bond acceptors (Lipinski definition) is 4. The van der Waals surface area contributed by atoms with Gasteiger partial charge in [-0.25, -0.2) is 0 Å². The normalized spacial score (nSPS) is 14.9. The third kappa shape index (κ3) is 5.38. The van der Waals surface area contributed by atoms with Crippen LogP contribution >= 0.6 is 11.8 Å². The van der Waals surface area contributed by atoms with Gasteiger partial charge in [0, 0.05) is 18.0 Å². The second-order valence-corrected chi connectivity index (χ2v) is 8.13. The van der Waals surface area contributed by atoms with E-state index >= 15 is 0 Å². The SMILES string of the molecule is Cc1c(C)c(NC(=O)CSCCCOC2CCCC2)c(C)c(C)c1N. The van der Waals surface area contributed by atoms with Crippen molar-refractivity contribution in [3.05, 3.63) is 22.3 Å². The summed E-state index contributed by atoms with van der Waals surface area (Å²) in [7, 11) is 0. The smallest absolute Gasteiger partial charge is 0.234 e. The Kier molecular flexibility index (Phi) is 7.63. The van der Waals surface area contributed by atoms with E-state index in [1.807, 2.05) is 27.7 Å². The fraction of sp³-hybridized carbons (Fsp3) is 0.650. The van der Waals surface area contributed by atoms with Gasteiger partial charge >= 0.3 is 0 Å². The molecule has 0 bridgehead atoms. The van der Waals surface area contributed by atoms with Gasteiger partial charge in [0.25, 0.3) is 0 Å². The number of benzene rings is 1. The zero-order valence-electron chi connectivity index (χ0n) is 16.0. The number of ether oxygens (including phenoxy) is 1. The van der Waals surface area contributed by atoms with Crippen LogP contribution in [-0.2, 0) is 9.53 Å². The summed E-state index contributed by atoms with van der Waals surface area (Å²) >= 11 is 1.67. The van der Waals surface area contributed by atoms with E-state index in [0.29, 0.717) is 11.9 Å². The van der Waals surface area contributed by atoms with E-state index in [-0.39, 0.29) is 5.91 Å². The second-order valence-electron chi connectivity index (χ2n) is 7.02. The monoisotopic (exact) mass is 364 g/mol. The number of hydrogen-bond donors (Lipinski definition) is 2. The van der Waals surface area contributed by atoms with E-state index in [1.165, 1.54) is 25.7 Å². The molecule has 140 valence electrons. The van der Waals surface area contributed by atoms with Crippen molar-refractivity contribution in [2.75, 3.05) is 29.2 Å². The Labute approximate surface area is 156 Å². The average Bonchev–Trinajstić information content (AvgIpc) is 3.11. The van der Waals surface area contributed by atoms with Gasteiger partial charge in [0.15, 0.2) is 0 Å². The quantitative estimate of drug-likeness (QED) is 0.526. The molecule has 5 heteroatoms. The zero-order chi connectivity index (χ0) is 18.4. The molecule has 1 aliphatic carbocycles. The maximum Gasteiger partial charge on any atom is 0.234 e. The summed E-state index contributed by atoms with van der Waals surface area (Å²) in [6.45, 7) is 8.86. The highest BCUT2D eigenvalue weighted by atomic mass is 32.2. The molecule has 1 aromatic rings. The lowest BCUT2D eigenvalue weighted by molar-refractivity contribution is -0.113. The fourth-order valence-corrected chi connectivity index (χ4v) is 4.06. The number of nitrogens with two attached hydrogens (primary N) is 1. The van der Waals surface area contributed by atoms with E-state index in [9.17, 15) is 4.79 Å². The molecule has 1 aromatic carbocycles. The predicted octanol–water partition coefficient (Wildman–Crippen LogP) is 4.52. The summed E-state index contributed by atoms with van der Waals surface area (Å²) in [4.78, 5) is 12.3. The largest absolute Gasteiger partial charge is 0.398 e. The minimum absolute atomic E-state index is 0.0523. The van der Waals surface area contributed by atoms with Gasteiger partial charge in [-0.15, -0.1) is 0 Å². The van der Waals surface area contributed by atoms with Gasteiger partial charge < -0.3 is 15.8 Å². The molecule has 1 amide bonds. The molecule has 25 heavy (non-hydrogen) atoms. The highest BCUT2D eigenvalue weighted by molar-refractivity contribution is 7.99. The molecule has 2 rings (SSSR count). The van der Waals surface area contributed by atoms with Crippen LogP contribution in [0.4, 0.5) is 11.4 Å². The van der Waals surface area contributed by atoms with Crippen LogP contribution in [0.25, 0.3) is 0 Å². The molecule has 0 heterocycles. The molecule has 0 saturated heterocycles. The first kappa shape index (κ1) is 20.1. The molecular formula is C20H32N2O2S. The van der Waals surface area contributed by atoms with Crippen molar-refractivity contribution in [1.29, 1.82) is 0 Å². The first-order valence-electron chi connectivity index (χ1n) is 9.26. The van der Waals surface area contributed by atoms with Gasteiger partial charge in [0.1, 0.15) is 0 Å². The van der Waals surface area contributed by atoms with Gasteiger partial charge in [0.05, 0.1) is 11.9 Å². The van der Waals surface area contributed by atoms with Crippen molar-refractivity contribution in [2.45, 2.75) is 65.9 Å². The number of carbonyl (C=O) groups is 1. The number of thioether (sulfide) groups is 1. The third-order valence-electron chi connectivity index (χ3n) is 5.27. The Morgan fingerprint density at radius 3 is 2.32 bits per heavy atom. The number of nitrogen functional groups attached to an aromatic ring is 1. The minimum atomic E-state index is 0.0523. The number of rotatable bonds is 8. The fourth-order valence-electron chi connectivity index (χ4n) is 3.34. The number of carbonyl (C=O) groups excluding carboxylic acids is 1. The summed E-state index contributed by atoms with van der Waals surface area (Å²) in [6.07, 6.45) is 6.54. The lowest BCUT2D eigenvalue weighted by Gasteiger charge is -2.18. The summed E-state index contributed by atoms with van der Waals surface area (Å²) in [5.41, 5.74) is 12.1. The highest BCUT2D eigenvalue weighted by Crippen LogP contribution is 2.32. The molecular weight excluding hydrogens is 332 g/mol. The van der Waals surface area contributed by atoms with Crippen molar-refractivity contribution in [3.63, 3.8) is 0 Å². The lowest BCUT2D eigenvalue weighted by atomic mass is 9.96. The van der Waals surface area contributed by atoms with E-state index < -0.39 is 0 Å². The van der Waals surface area contributed by atoms with E-state index in [1.54, 1.807) is 11.8 Å². The third-order valence-corrected chi connectivity index (χ3v) is 6.31. The molecule has 0 aliphatic heterocycles. The Bertz CT molecular complexity index is 581. The molecule has 0 spiro atoms. The first-order chi connectivity index (χ1) is 11.9. The molecule has 0 aromatic heterocycles. The van der Waals surface area contributed by atoms with Gasteiger partial charge in [-0.3, -0.25) is 4.79 Å². The molecule has 1 saturated carbocycles. The summed E-state index contributed by atoms with van der Waals surface area (Å²) in [5.74, 6) is 1.49. The van der Waals surface area contributed by atoms with Crippen LogP contribution in [0.1, 0.15) is 54.4 Å². The molecule has 0 atom stereocenters. The molecule has 4 nitrogen and oxygen atoms in total. The van der Waals surface area contributed by atoms with Crippen LogP contribution in [0.3, 0.4) is 0 Å². The van der Waals surface area contributed by atoms with Crippen molar-refractivity contribution in [2.24, 2.45) is 0 Å². The average molecular weight is 365 g/mol. The Hall–Kier alpha value is -1.20. The Morgan fingerprint density at radius 1 is 1.12 bits per heavy atom. The number of anilines is 2. The van der Waals surface area contributed by atoms with Crippen molar-refractivity contribution in [1.82, 2.24) is 0 Å². The predicted molar refractivity (Wildman–Crippen MR) is 109 cm³/mol. The standard InChI is InChI=1S/C20H32N2O2S/c1-13-15(3)20(16(4)14(2)19(13)21)22-18(23)12-25-11-7-10-24-17-8-5-6-9-17/h17H,5-12,21H2,1-4H3,(H,22,23). The Balaban J connectivity index is 1.73. The molecule has 3 N–H and O–H groups in total. The first-order valence-corrected chi connectivity index (χ1v) is 10.4. The minimum Gasteiger partial charge on any atom is -0.398 e. The van der Waals surface area contributed by atoms with Crippen molar-refractivity contribution < 1.29 is 9.53 Å². The van der Waals surface area contributed by atoms with Crippen LogP contribution in [0, 0.1) is 27.7 Å². The second kappa shape index (κ2) is 9.48. The summed E-state index contributed by atoms with van der Waals surface area (Å²) in [5, 5.41) is 3.08. The maximum atomic E-state index is 12.3. The van der Waals surface area contributed by atoms with E-state index in [2.05, 4.69) is 5.32 Å². The number of amides is 1. The van der Waals surface area contributed by atoms with Crippen LogP contribution in [-0.4, -0.2) is 30.1 Å². The van der Waals surface area contributed by atoms with Crippen molar-refractivity contribution in [3.8, 4) is 0 Å². The summed E-state index contributed by atoms with van der Waals surface area (Å²) < 4.78 is 5.85.